The van der Waals surface area contributed by atoms with Gasteiger partial charge in [0.05, 0.1) is 31.3 Å². The standard InChI is InChI=1S/C16H16BrN3O7S/c1-25-10-4-8(3-9(17)14(10)27-7-13(23)26-2)6-18-20-16-19-15(24)11(28-16)5-12(21)22/h3-4,6,11H,5,7H2,1-2H3,(H,21,22)(H,19,20,24). The van der Waals surface area contributed by atoms with Crippen molar-refractivity contribution in [2.75, 3.05) is 20.8 Å². The van der Waals surface area contributed by atoms with Crippen molar-refractivity contribution in [3.63, 3.8) is 0 Å². The van der Waals surface area contributed by atoms with Crippen LogP contribution >= 0.6 is 27.7 Å². The number of amides is 1. The summed E-state index contributed by atoms with van der Waals surface area (Å²) in [5.74, 6) is -1.33. The molecule has 1 fully saturated rings. The van der Waals surface area contributed by atoms with Crippen molar-refractivity contribution in [3.8, 4) is 11.5 Å². The van der Waals surface area contributed by atoms with Crippen LogP contribution in [0.5, 0.6) is 11.5 Å². The zero-order valence-corrected chi connectivity index (χ0v) is 17.2. The molecule has 10 nitrogen and oxygen atoms in total. The molecule has 0 spiro atoms. The second-order valence-corrected chi connectivity index (χ2v) is 7.29. The summed E-state index contributed by atoms with van der Waals surface area (Å²) in [6.07, 6.45) is 1.12. The van der Waals surface area contributed by atoms with E-state index in [1.165, 1.54) is 20.4 Å². The Morgan fingerprint density at radius 2 is 2.14 bits per heavy atom. The third-order valence-corrected chi connectivity index (χ3v) is 4.97. The maximum absolute atomic E-state index is 11.7. The van der Waals surface area contributed by atoms with E-state index in [-0.39, 0.29) is 18.2 Å². The van der Waals surface area contributed by atoms with Gasteiger partial charge in [0.1, 0.15) is 5.25 Å². The smallest absolute Gasteiger partial charge is 0.343 e. The summed E-state index contributed by atoms with van der Waals surface area (Å²) in [7, 11) is 2.70. The van der Waals surface area contributed by atoms with Crippen LogP contribution in [0.15, 0.2) is 26.8 Å². The number of carboxylic acids is 1. The van der Waals surface area contributed by atoms with Gasteiger partial charge in [-0.3, -0.25) is 9.59 Å². The number of amidine groups is 1. The van der Waals surface area contributed by atoms with Gasteiger partial charge in [-0.05, 0) is 33.6 Å². The number of nitrogens with zero attached hydrogens (tertiary/aromatic N) is 2. The number of halogens is 1. The van der Waals surface area contributed by atoms with E-state index in [4.69, 9.17) is 14.6 Å². The Morgan fingerprint density at radius 1 is 1.39 bits per heavy atom. The highest BCUT2D eigenvalue weighted by atomic mass is 79.9. The highest BCUT2D eigenvalue weighted by Crippen LogP contribution is 2.36. The summed E-state index contributed by atoms with van der Waals surface area (Å²) in [4.78, 5) is 33.6. The SMILES string of the molecule is COC(=O)COc1c(Br)cc(C=NN=C2NC(=O)C(CC(=O)O)S2)cc1OC. The van der Waals surface area contributed by atoms with E-state index in [0.29, 0.717) is 21.5 Å². The lowest BCUT2D eigenvalue weighted by Gasteiger charge is -2.12. The molecule has 150 valence electrons. The third kappa shape index (κ3) is 5.96. The molecular formula is C16H16BrN3O7S. The van der Waals surface area contributed by atoms with Crippen molar-refractivity contribution in [1.29, 1.82) is 0 Å². The van der Waals surface area contributed by atoms with Crippen molar-refractivity contribution in [2.24, 2.45) is 10.2 Å². The van der Waals surface area contributed by atoms with Crippen molar-refractivity contribution in [1.82, 2.24) is 5.32 Å². The van der Waals surface area contributed by atoms with Crippen LogP contribution < -0.4 is 14.8 Å². The topological polar surface area (TPSA) is 136 Å². The molecule has 2 N–H and O–H groups in total. The number of ether oxygens (including phenoxy) is 3. The van der Waals surface area contributed by atoms with E-state index >= 15 is 0 Å². The van der Waals surface area contributed by atoms with Crippen LogP contribution in [0.3, 0.4) is 0 Å². The van der Waals surface area contributed by atoms with Gasteiger partial charge in [-0.15, -0.1) is 5.10 Å². The molecular weight excluding hydrogens is 458 g/mol. The van der Waals surface area contributed by atoms with Gasteiger partial charge >= 0.3 is 11.9 Å². The molecule has 1 atom stereocenters. The number of nitrogens with one attached hydrogen (secondary N) is 1. The molecule has 0 bridgehead atoms. The Hall–Kier alpha value is -2.60. The van der Waals surface area contributed by atoms with Crippen molar-refractivity contribution < 1.29 is 33.7 Å². The minimum atomic E-state index is -1.07. The number of rotatable bonds is 8. The summed E-state index contributed by atoms with van der Waals surface area (Å²) in [6, 6.07) is 3.29. The fourth-order valence-corrected chi connectivity index (χ4v) is 3.53. The average molecular weight is 474 g/mol. The minimum absolute atomic E-state index is 0.219. The monoisotopic (exact) mass is 473 g/mol. The van der Waals surface area contributed by atoms with E-state index in [1.54, 1.807) is 12.1 Å². The summed E-state index contributed by atoms with van der Waals surface area (Å²) >= 11 is 4.34. The number of carboxylic acid groups (broad SMARTS) is 1. The van der Waals surface area contributed by atoms with Crippen molar-refractivity contribution >= 4 is 56.9 Å². The predicted molar refractivity (Wildman–Crippen MR) is 105 cm³/mol. The molecule has 0 radical (unpaired) electrons. The van der Waals surface area contributed by atoms with Gasteiger partial charge in [0.2, 0.25) is 5.91 Å². The van der Waals surface area contributed by atoms with Crippen LogP contribution in [0, 0.1) is 0 Å². The van der Waals surface area contributed by atoms with Crippen molar-refractivity contribution in [3.05, 3.63) is 22.2 Å². The number of benzene rings is 1. The van der Waals surface area contributed by atoms with Crippen LogP contribution in [0.4, 0.5) is 0 Å². The first-order chi connectivity index (χ1) is 13.3. The van der Waals surface area contributed by atoms with E-state index in [0.717, 1.165) is 11.8 Å². The molecule has 28 heavy (non-hydrogen) atoms. The van der Waals surface area contributed by atoms with Gasteiger partial charge in [0.25, 0.3) is 0 Å². The molecule has 1 unspecified atom stereocenters. The van der Waals surface area contributed by atoms with Crippen molar-refractivity contribution in [2.45, 2.75) is 11.7 Å². The number of esters is 1. The lowest BCUT2D eigenvalue weighted by molar-refractivity contribution is -0.143. The molecule has 1 aliphatic rings. The van der Waals surface area contributed by atoms with Crippen LogP contribution in [-0.4, -0.2) is 60.4 Å². The second kappa shape index (κ2) is 10.1. The molecule has 0 saturated carbocycles. The van der Waals surface area contributed by atoms with E-state index in [9.17, 15) is 14.4 Å². The third-order valence-electron chi connectivity index (χ3n) is 3.31. The Kier molecular flexibility index (Phi) is 7.81. The van der Waals surface area contributed by atoms with E-state index in [1.807, 2.05) is 0 Å². The van der Waals surface area contributed by atoms with E-state index < -0.39 is 23.1 Å². The average Bonchev–Trinajstić information content (AvgIpc) is 2.98. The lowest BCUT2D eigenvalue weighted by Crippen LogP contribution is -2.26. The number of hydrogen-bond donors (Lipinski definition) is 2. The van der Waals surface area contributed by atoms with Gasteiger partial charge in [0, 0.05) is 0 Å². The first-order valence-electron chi connectivity index (χ1n) is 7.71. The molecule has 12 heteroatoms. The Labute approximate surface area is 172 Å². The first kappa shape index (κ1) is 21.7. The number of methoxy groups -OCH3 is 2. The molecule has 0 aromatic heterocycles. The van der Waals surface area contributed by atoms with Gasteiger partial charge in [0.15, 0.2) is 23.3 Å². The maximum Gasteiger partial charge on any atom is 0.343 e. The fourth-order valence-electron chi connectivity index (χ4n) is 2.04. The van der Waals surface area contributed by atoms with Gasteiger partial charge < -0.3 is 24.6 Å². The first-order valence-corrected chi connectivity index (χ1v) is 9.38. The summed E-state index contributed by atoms with van der Waals surface area (Å²) in [5.41, 5.74) is 0.606. The Morgan fingerprint density at radius 3 is 2.79 bits per heavy atom. The molecule has 0 aliphatic carbocycles. The number of hydrogen-bond acceptors (Lipinski definition) is 9. The zero-order chi connectivity index (χ0) is 20.7. The number of carbonyl (C=O) groups excluding carboxylic acids is 2. The highest BCUT2D eigenvalue weighted by Gasteiger charge is 2.32. The van der Waals surface area contributed by atoms with Crippen LogP contribution in [0.2, 0.25) is 0 Å². The Bertz CT molecular complexity index is 844. The van der Waals surface area contributed by atoms with Gasteiger partial charge in [-0.2, -0.15) is 5.10 Å². The summed E-state index contributed by atoms with van der Waals surface area (Å²) < 4.78 is 15.7. The van der Waals surface area contributed by atoms with Crippen LogP contribution in [-0.2, 0) is 19.1 Å². The molecule has 1 amide bonds. The minimum Gasteiger partial charge on any atom is -0.493 e. The summed E-state index contributed by atoms with van der Waals surface area (Å²) in [6.45, 7) is -0.277. The second-order valence-electron chi connectivity index (χ2n) is 5.24. The maximum atomic E-state index is 11.7. The zero-order valence-electron chi connectivity index (χ0n) is 14.8. The molecule has 1 aromatic rings. The molecule has 1 aliphatic heterocycles. The number of aliphatic carboxylic acids is 1. The molecule has 1 saturated heterocycles. The molecule has 1 aromatic carbocycles. The van der Waals surface area contributed by atoms with Gasteiger partial charge in [-0.1, -0.05) is 11.8 Å². The number of carbonyl (C=O) groups is 3. The van der Waals surface area contributed by atoms with Crippen LogP contribution in [0.25, 0.3) is 0 Å². The normalized spacial score (nSPS) is 17.6. The lowest BCUT2D eigenvalue weighted by atomic mass is 10.2. The molecule has 2 rings (SSSR count). The van der Waals surface area contributed by atoms with Crippen LogP contribution in [0.1, 0.15) is 12.0 Å². The van der Waals surface area contributed by atoms with E-state index in [2.05, 4.69) is 36.2 Å². The highest BCUT2D eigenvalue weighted by molar-refractivity contribution is 9.10. The largest absolute Gasteiger partial charge is 0.493 e. The number of thioether (sulfide) groups is 1. The molecule has 1 heterocycles. The quantitative estimate of drug-likeness (QED) is 0.328. The fraction of sp³-hybridized carbons (Fsp3) is 0.312. The van der Waals surface area contributed by atoms with Gasteiger partial charge in [-0.25, -0.2) is 4.79 Å². The summed E-state index contributed by atoms with van der Waals surface area (Å²) in [5, 5.41) is 18.5. The Balaban J connectivity index is 2.09. The predicted octanol–water partition coefficient (Wildman–Crippen LogP) is 1.41.